The molecule has 0 spiro atoms. The van der Waals surface area contributed by atoms with Crippen LogP contribution in [0.2, 0.25) is 0 Å². The van der Waals surface area contributed by atoms with Crippen LogP contribution in [-0.4, -0.2) is 93.1 Å². The van der Waals surface area contributed by atoms with E-state index in [-0.39, 0.29) is 35.7 Å². The van der Waals surface area contributed by atoms with Crippen LogP contribution in [0.4, 0.5) is 9.59 Å². The standard InChI is InChI=1S/C44H50N8O6/c1-25(2)36(49-43(55)57-5)41(53)51-21-7-9-34(51)39-45-24-33(47-39)29-16-13-27(14-17-29)11-12-28-15-19-31-30(23-28)18-20-32-38(31)48-40(46-32)35-10-8-22-52(35)42(54)37(26(3)4)50-44(56)58-6/h13-20,23-26,34-37H,7-10,21-22H2,1-6H3,(H,45,47)(H,46,48)(H,49,55)(H,50,56)/t34-,35-,36-,37-/m0/s1. The van der Waals surface area contributed by atoms with E-state index in [4.69, 9.17) is 14.5 Å². The summed E-state index contributed by atoms with van der Waals surface area (Å²) in [5.41, 5.74) is 5.24. The van der Waals surface area contributed by atoms with Crippen LogP contribution < -0.4 is 10.6 Å². The molecule has 0 aliphatic carbocycles. The second kappa shape index (κ2) is 17.0. The van der Waals surface area contributed by atoms with Crippen LogP contribution in [0.5, 0.6) is 0 Å². The lowest BCUT2D eigenvalue weighted by atomic mass is 10.0. The van der Waals surface area contributed by atoms with Crippen molar-refractivity contribution in [1.82, 2.24) is 40.4 Å². The number of likely N-dealkylation sites (tertiary alicyclic amines) is 2. The third kappa shape index (κ3) is 8.20. The van der Waals surface area contributed by atoms with Gasteiger partial charge in [-0.3, -0.25) is 9.59 Å². The number of ether oxygens (including phenoxy) is 2. The molecule has 14 heteroatoms. The summed E-state index contributed by atoms with van der Waals surface area (Å²) >= 11 is 0. The first-order valence-electron chi connectivity index (χ1n) is 19.8. The Morgan fingerprint density at radius 1 is 0.741 bits per heavy atom. The molecule has 2 aliphatic rings. The Morgan fingerprint density at radius 2 is 1.31 bits per heavy atom. The van der Waals surface area contributed by atoms with Gasteiger partial charge in [-0.05, 0) is 78.8 Å². The van der Waals surface area contributed by atoms with Crippen LogP contribution in [-0.2, 0) is 19.1 Å². The fraction of sp³-hybridized carbons (Fsp3) is 0.409. The molecule has 2 saturated heterocycles. The number of hydrogen-bond acceptors (Lipinski definition) is 8. The summed E-state index contributed by atoms with van der Waals surface area (Å²) in [4.78, 5) is 71.3. The summed E-state index contributed by atoms with van der Waals surface area (Å²) in [5.74, 6) is 7.52. The summed E-state index contributed by atoms with van der Waals surface area (Å²) in [7, 11) is 2.58. The zero-order valence-corrected chi connectivity index (χ0v) is 33.7. The zero-order valence-electron chi connectivity index (χ0n) is 33.7. The molecule has 0 unspecified atom stereocenters. The number of carbonyl (C=O) groups excluding carboxylic acids is 4. The largest absolute Gasteiger partial charge is 0.453 e. The van der Waals surface area contributed by atoms with Gasteiger partial charge in [0.05, 0.1) is 49.2 Å². The zero-order chi connectivity index (χ0) is 41.1. The molecule has 7 rings (SSSR count). The van der Waals surface area contributed by atoms with E-state index in [2.05, 4.69) is 43.5 Å². The van der Waals surface area contributed by atoms with Gasteiger partial charge < -0.3 is 39.9 Å². The Labute approximate surface area is 337 Å². The molecule has 0 radical (unpaired) electrons. The van der Waals surface area contributed by atoms with E-state index in [0.29, 0.717) is 18.9 Å². The molecule has 58 heavy (non-hydrogen) atoms. The fourth-order valence-electron chi connectivity index (χ4n) is 7.97. The molecular weight excluding hydrogens is 737 g/mol. The average Bonchev–Trinajstić information content (AvgIpc) is 4.06. The minimum absolute atomic E-state index is 0.108. The summed E-state index contributed by atoms with van der Waals surface area (Å²) in [5, 5.41) is 7.39. The molecule has 4 N–H and O–H groups in total. The Bertz CT molecular complexity index is 2390. The highest BCUT2D eigenvalue weighted by Crippen LogP contribution is 2.35. The first kappa shape index (κ1) is 39.9. The second-order valence-electron chi connectivity index (χ2n) is 15.6. The number of rotatable bonds is 9. The maximum atomic E-state index is 13.6. The van der Waals surface area contributed by atoms with Gasteiger partial charge >= 0.3 is 12.2 Å². The Morgan fingerprint density at radius 3 is 1.90 bits per heavy atom. The number of nitrogens with zero attached hydrogens (tertiary/aromatic N) is 4. The molecule has 302 valence electrons. The van der Waals surface area contributed by atoms with Gasteiger partial charge in [0, 0.05) is 29.6 Å². The number of alkyl carbamates (subject to hydrolysis) is 2. The monoisotopic (exact) mass is 786 g/mol. The van der Waals surface area contributed by atoms with Crippen molar-refractivity contribution >= 4 is 45.8 Å². The number of aromatic amines is 2. The first-order chi connectivity index (χ1) is 27.9. The van der Waals surface area contributed by atoms with Crippen LogP contribution in [0, 0.1) is 23.7 Å². The van der Waals surface area contributed by atoms with E-state index >= 15 is 0 Å². The van der Waals surface area contributed by atoms with Crippen molar-refractivity contribution in [3.8, 4) is 23.1 Å². The van der Waals surface area contributed by atoms with Crippen molar-refractivity contribution in [2.24, 2.45) is 11.8 Å². The second-order valence-corrected chi connectivity index (χ2v) is 15.6. The highest BCUT2D eigenvalue weighted by atomic mass is 16.5. The SMILES string of the molecule is COC(=O)N[C@H](C(=O)N1CCC[C@H]1c1ncc(-c2ccc(C#Cc3ccc4c(ccc5[nH]c([C@@H]6CCCN6C(=O)[C@@H](NC(=O)OC)C(C)C)nc54)c3)cc2)[nH]1)C(C)C. The summed E-state index contributed by atoms with van der Waals surface area (Å²) in [6, 6.07) is 16.3. The number of methoxy groups -OCH3 is 2. The predicted molar refractivity (Wildman–Crippen MR) is 219 cm³/mol. The van der Waals surface area contributed by atoms with Gasteiger partial charge in [-0.2, -0.15) is 0 Å². The van der Waals surface area contributed by atoms with Crippen molar-refractivity contribution < 1.29 is 28.7 Å². The van der Waals surface area contributed by atoms with E-state index in [1.807, 2.05) is 81.1 Å². The van der Waals surface area contributed by atoms with Crippen LogP contribution >= 0.6 is 0 Å². The van der Waals surface area contributed by atoms with Crippen molar-refractivity contribution in [3.05, 3.63) is 83.6 Å². The fourth-order valence-corrected chi connectivity index (χ4v) is 7.97. The number of benzene rings is 3. The van der Waals surface area contributed by atoms with Gasteiger partial charge in [-0.15, -0.1) is 0 Å². The van der Waals surface area contributed by atoms with Crippen molar-refractivity contribution in [3.63, 3.8) is 0 Å². The van der Waals surface area contributed by atoms with Crippen molar-refractivity contribution in [2.75, 3.05) is 27.3 Å². The van der Waals surface area contributed by atoms with Gasteiger partial charge in [-0.25, -0.2) is 19.6 Å². The molecule has 2 aromatic heterocycles. The van der Waals surface area contributed by atoms with E-state index in [1.54, 1.807) is 11.1 Å². The van der Waals surface area contributed by atoms with Crippen LogP contribution in [0.3, 0.4) is 0 Å². The molecular formula is C44H50N8O6. The predicted octanol–water partition coefficient (Wildman–Crippen LogP) is 6.59. The molecule has 4 atom stereocenters. The Hall–Kier alpha value is -6.36. The van der Waals surface area contributed by atoms with E-state index in [1.165, 1.54) is 14.2 Å². The summed E-state index contributed by atoms with van der Waals surface area (Å²) in [6.07, 6.45) is 3.76. The minimum atomic E-state index is -0.697. The molecule has 2 aliphatic heterocycles. The molecule has 4 amide bonds. The molecule has 14 nitrogen and oxygen atoms in total. The van der Waals surface area contributed by atoms with Gasteiger partial charge in [0.25, 0.3) is 0 Å². The third-order valence-corrected chi connectivity index (χ3v) is 11.1. The maximum absolute atomic E-state index is 13.6. The molecule has 2 fully saturated rings. The summed E-state index contributed by atoms with van der Waals surface area (Å²) in [6.45, 7) is 8.77. The number of aromatic nitrogens is 4. The number of carbonyl (C=O) groups is 4. The number of hydrogen-bond donors (Lipinski definition) is 4. The number of fused-ring (bicyclic) bond motifs is 3. The van der Waals surface area contributed by atoms with Crippen molar-refractivity contribution in [1.29, 1.82) is 0 Å². The number of imidazole rings is 2. The highest BCUT2D eigenvalue weighted by Gasteiger charge is 2.39. The van der Waals surface area contributed by atoms with Gasteiger partial charge in [0.2, 0.25) is 11.8 Å². The summed E-state index contributed by atoms with van der Waals surface area (Å²) < 4.78 is 9.53. The quantitative estimate of drug-likeness (QED) is 0.121. The number of H-pyrrole nitrogens is 2. The van der Waals surface area contributed by atoms with Crippen LogP contribution in [0.25, 0.3) is 33.1 Å². The molecule has 0 bridgehead atoms. The number of amides is 4. The molecule has 0 saturated carbocycles. The number of nitrogens with one attached hydrogen (secondary N) is 4. The molecule has 5 aromatic rings. The highest BCUT2D eigenvalue weighted by molar-refractivity contribution is 6.04. The van der Waals surface area contributed by atoms with Crippen LogP contribution in [0.1, 0.15) is 88.2 Å². The van der Waals surface area contributed by atoms with Crippen LogP contribution in [0.15, 0.2) is 60.8 Å². The van der Waals surface area contributed by atoms with E-state index < -0.39 is 24.3 Å². The van der Waals surface area contributed by atoms with E-state index in [0.717, 1.165) is 75.7 Å². The van der Waals surface area contributed by atoms with Gasteiger partial charge in [0.15, 0.2) is 0 Å². The Kier molecular flexibility index (Phi) is 11.7. The van der Waals surface area contributed by atoms with Gasteiger partial charge in [0.1, 0.15) is 23.7 Å². The van der Waals surface area contributed by atoms with E-state index in [9.17, 15) is 19.2 Å². The topological polar surface area (TPSA) is 175 Å². The van der Waals surface area contributed by atoms with Crippen molar-refractivity contribution in [2.45, 2.75) is 77.5 Å². The smallest absolute Gasteiger partial charge is 0.407 e. The average molecular weight is 787 g/mol. The normalized spacial score (nSPS) is 17.7. The lowest BCUT2D eigenvalue weighted by molar-refractivity contribution is -0.136. The minimum Gasteiger partial charge on any atom is -0.453 e. The Balaban J connectivity index is 1.04. The first-order valence-corrected chi connectivity index (χ1v) is 19.8. The maximum Gasteiger partial charge on any atom is 0.407 e. The molecule has 4 heterocycles. The van der Waals surface area contributed by atoms with Gasteiger partial charge in [-0.1, -0.05) is 63.8 Å². The lowest BCUT2D eigenvalue weighted by Crippen LogP contribution is -2.51. The lowest BCUT2D eigenvalue weighted by Gasteiger charge is -2.30. The molecule has 3 aromatic carbocycles. The third-order valence-electron chi connectivity index (χ3n) is 11.1.